The molecule has 1 aromatic carbocycles. The molecule has 0 aromatic heterocycles. The van der Waals surface area contributed by atoms with Gasteiger partial charge in [0.1, 0.15) is 12.4 Å². The molecule has 1 N–H and O–H groups in total. The molecule has 0 amide bonds. The smallest absolute Gasteiger partial charge is 0.119 e. The van der Waals surface area contributed by atoms with Crippen molar-refractivity contribution < 1.29 is 4.74 Å². The number of nitrogens with one attached hydrogen (secondary N) is 1. The van der Waals surface area contributed by atoms with Crippen LogP contribution in [0.5, 0.6) is 5.75 Å². The van der Waals surface area contributed by atoms with Crippen molar-refractivity contribution in [1.82, 2.24) is 10.2 Å². The monoisotopic (exact) mass is 274 g/mol. The first-order valence-corrected chi connectivity index (χ1v) is 7.16. The minimum atomic E-state index is 0.675. The standard InChI is InChI=1S/C17H26N2O/c1-4-11-19(12-5-2)13-14-20-17-9-7-16(8-10-17)15-18-6-3/h4-5,7-10,18H,1-2,6,11-15H2,3H3. The molecule has 0 aliphatic carbocycles. The van der Waals surface area contributed by atoms with Crippen LogP contribution in [0.3, 0.4) is 0 Å². The second-order valence-corrected chi connectivity index (χ2v) is 4.61. The molecule has 0 aliphatic rings. The van der Waals surface area contributed by atoms with Crippen molar-refractivity contribution in [2.45, 2.75) is 13.5 Å². The van der Waals surface area contributed by atoms with Gasteiger partial charge in [0.15, 0.2) is 0 Å². The van der Waals surface area contributed by atoms with Gasteiger partial charge in [-0.25, -0.2) is 0 Å². The number of hydrogen-bond acceptors (Lipinski definition) is 3. The topological polar surface area (TPSA) is 24.5 Å². The Bertz CT molecular complexity index is 376. The number of benzene rings is 1. The molecule has 1 rings (SSSR count). The van der Waals surface area contributed by atoms with Gasteiger partial charge in [0.05, 0.1) is 0 Å². The van der Waals surface area contributed by atoms with E-state index in [-0.39, 0.29) is 0 Å². The third-order valence-electron chi connectivity index (χ3n) is 2.95. The SMILES string of the molecule is C=CCN(CC=C)CCOc1ccc(CNCC)cc1. The average molecular weight is 274 g/mol. The maximum Gasteiger partial charge on any atom is 0.119 e. The Morgan fingerprint density at radius 2 is 1.80 bits per heavy atom. The van der Waals surface area contributed by atoms with Crippen molar-refractivity contribution in [2.24, 2.45) is 0 Å². The second kappa shape index (κ2) is 10.2. The first kappa shape index (κ1) is 16.5. The Kier molecular flexibility index (Phi) is 8.43. The zero-order valence-electron chi connectivity index (χ0n) is 12.5. The normalized spacial score (nSPS) is 10.5. The summed E-state index contributed by atoms with van der Waals surface area (Å²) in [6.07, 6.45) is 3.80. The molecule has 0 saturated carbocycles. The van der Waals surface area contributed by atoms with E-state index in [1.807, 2.05) is 24.3 Å². The Hall–Kier alpha value is -1.58. The first-order valence-electron chi connectivity index (χ1n) is 7.16. The van der Waals surface area contributed by atoms with Crippen LogP contribution in [0.4, 0.5) is 0 Å². The quantitative estimate of drug-likeness (QED) is 0.628. The molecule has 1 aromatic rings. The minimum Gasteiger partial charge on any atom is -0.492 e. The fourth-order valence-corrected chi connectivity index (χ4v) is 1.89. The molecule has 0 atom stereocenters. The van der Waals surface area contributed by atoms with Crippen LogP contribution in [-0.2, 0) is 6.54 Å². The highest BCUT2D eigenvalue weighted by Crippen LogP contribution is 2.12. The van der Waals surface area contributed by atoms with Gasteiger partial charge < -0.3 is 10.1 Å². The Morgan fingerprint density at radius 3 is 2.35 bits per heavy atom. The lowest BCUT2D eigenvalue weighted by atomic mass is 10.2. The molecular formula is C17H26N2O. The third kappa shape index (κ3) is 6.55. The molecule has 0 aliphatic heterocycles. The van der Waals surface area contributed by atoms with Crippen LogP contribution in [0, 0.1) is 0 Å². The summed E-state index contributed by atoms with van der Waals surface area (Å²) in [5, 5.41) is 3.30. The summed E-state index contributed by atoms with van der Waals surface area (Å²) < 4.78 is 5.76. The third-order valence-corrected chi connectivity index (χ3v) is 2.95. The zero-order chi connectivity index (χ0) is 14.6. The van der Waals surface area contributed by atoms with Gasteiger partial charge in [-0.05, 0) is 24.2 Å². The number of ether oxygens (including phenoxy) is 1. The van der Waals surface area contributed by atoms with Crippen molar-refractivity contribution in [3.05, 3.63) is 55.1 Å². The van der Waals surface area contributed by atoms with Gasteiger partial charge in [-0.3, -0.25) is 4.90 Å². The molecular weight excluding hydrogens is 248 g/mol. The van der Waals surface area contributed by atoms with Gasteiger partial charge in [-0.1, -0.05) is 31.2 Å². The van der Waals surface area contributed by atoms with E-state index in [0.29, 0.717) is 6.61 Å². The van der Waals surface area contributed by atoms with Gasteiger partial charge >= 0.3 is 0 Å². The molecule has 110 valence electrons. The van der Waals surface area contributed by atoms with Crippen LogP contribution >= 0.6 is 0 Å². The average Bonchev–Trinajstić information content (AvgIpc) is 2.47. The van der Waals surface area contributed by atoms with E-state index in [1.165, 1.54) is 5.56 Å². The number of hydrogen-bond donors (Lipinski definition) is 1. The number of rotatable bonds is 11. The molecule has 0 spiro atoms. The lowest BCUT2D eigenvalue weighted by Gasteiger charge is -2.18. The molecule has 0 radical (unpaired) electrons. The van der Waals surface area contributed by atoms with E-state index in [1.54, 1.807) is 0 Å². The van der Waals surface area contributed by atoms with Crippen molar-refractivity contribution in [1.29, 1.82) is 0 Å². The number of nitrogens with zero attached hydrogens (tertiary/aromatic N) is 1. The van der Waals surface area contributed by atoms with Gasteiger partial charge in [-0.2, -0.15) is 0 Å². The maximum absolute atomic E-state index is 5.76. The maximum atomic E-state index is 5.76. The van der Waals surface area contributed by atoms with Crippen molar-refractivity contribution in [3.63, 3.8) is 0 Å². The second-order valence-electron chi connectivity index (χ2n) is 4.61. The molecule has 20 heavy (non-hydrogen) atoms. The summed E-state index contributed by atoms with van der Waals surface area (Å²) in [5.74, 6) is 0.919. The Balaban J connectivity index is 2.33. The summed E-state index contributed by atoms with van der Waals surface area (Å²) in [7, 11) is 0. The molecule has 0 unspecified atom stereocenters. The Labute approximate surface area is 122 Å². The van der Waals surface area contributed by atoms with E-state index in [0.717, 1.165) is 38.5 Å². The lowest BCUT2D eigenvalue weighted by molar-refractivity contribution is 0.236. The molecule has 0 heterocycles. The first-order chi connectivity index (χ1) is 9.80. The van der Waals surface area contributed by atoms with Crippen LogP contribution in [-0.4, -0.2) is 37.7 Å². The van der Waals surface area contributed by atoms with Gasteiger partial charge in [0.2, 0.25) is 0 Å². The highest BCUT2D eigenvalue weighted by atomic mass is 16.5. The Morgan fingerprint density at radius 1 is 1.15 bits per heavy atom. The van der Waals surface area contributed by atoms with Crippen LogP contribution < -0.4 is 10.1 Å². The van der Waals surface area contributed by atoms with E-state index < -0.39 is 0 Å². The zero-order valence-corrected chi connectivity index (χ0v) is 12.5. The van der Waals surface area contributed by atoms with Gasteiger partial charge in [-0.15, -0.1) is 13.2 Å². The molecule has 3 heteroatoms. The molecule has 0 bridgehead atoms. The van der Waals surface area contributed by atoms with Crippen LogP contribution in [0.1, 0.15) is 12.5 Å². The van der Waals surface area contributed by atoms with Crippen molar-refractivity contribution >= 4 is 0 Å². The summed E-state index contributed by atoms with van der Waals surface area (Å²) in [6.45, 7) is 14.8. The highest BCUT2D eigenvalue weighted by Gasteiger charge is 2.01. The molecule has 0 fully saturated rings. The largest absolute Gasteiger partial charge is 0.492 e. The molecule has 0 saturated heterocycles. The van der Waals surface area contributed by atoms with Crippen LogP contribution in [0.25, 0.3) is 0 Å². The predicted octanol–water partition coefficient (Wildman–Crippen LogP) is 2.85. The van der Waals surface area contributed by atoms with Crippen LogP contribution in [0.15, 0.2) is 49.6 Å². The fraction of sp³-hybridized carbons (Fsp3) is 0.412. The lowest BCUT2D eigenvalue weighted by Crippen LogP contribution is -2.28. The molecule has 3 nitrogen and oxygen atoms in total. The fourth-order valence-electron chi connectivity index (χ4n) is 1.89. The van der Waals surface area contributed by atoms with E-state index in [9.17, 15) is 0 Å². The summed E-state index contributed by atoms with van der Waals surface area (Å²) in [6, 6.07) is 8.25. The van der Waals surface area contributed by atoms with Crippen LogP contribution in [0.2, 0.25) is 0 Å². The summed E-state index contributed by atoms with van der Waals surface area (Å²) in [4.78, 5) is 2.24. The van der Waals surface area contributed by atoms with Gasteiger partial charge in [0.25, 0.3) is 0 Å². The van der Waals surface area contributed by atoms with Crippen molar-refractivity contribution in [3.8, 4) is 5.75 Å². The van der Waals surface area contributed by atoms with E-state index >= 15 is 0 Å². The van der Waals surface area contributed by atoms with E-state index in [4.69, 9.17) is 4.74 Å². The van der Waals surface area contributed by atoms with Gasteiger partial charge in [0, 0.05) is 26.2 Å². The highest BCUT2D eigenvalue weighted by molar-refractivity contribution is 5.27. The predicted molar refractivity (Wildman–Crippen MR) is 86.2 cm³/mol. The van der Waals surface area contributed by atoms with Crippen molar-refractivity contribution in [2.75, 3.05) is 32.8 Å². The summed E-state index contributed by atoms with van der Waals surface area (Å²) in [5.41, 5.74) is 1.28. The van der Waals surface area contributed by atoms with E-state index in [2.05, 4.69) is 42.4 Å². The summed E-state index contributed by atoms with van der Waals surface area (Å²) >= 11 is 0. The minimum absolute atomic E-state index is 0.675.